The van der Waals surface area contributed by atoms with Crippen molar-refractivity contribution < 1.29 is 33.4 Å². The highest BCUT2D eigenvalue weighted by molar-refractivity contribution is 5.88. The Morgan fingerprint density at radius 3 is 2.03 bits per heavy atom. The smallest absolute Gasteiger partial charge is 0.331 e. The summed E-state index contributed by atoms with van der Waals surface area (Å²) in [7, 11) is 1.21. The number of rotatable bonds is 11. The monoisotopic (exact) mass is 441 g/mol. The molecule has 8 heteroatoms. The van der Waals surface area contributed by atoms with Gasteiger partial charge in [-0.25, -0.2) is 14.0 Å². The zero-order chi connectivity index (χ0) is 23.2. The Bertz CT molecular complexity index is 930. The minimum Gasteiger partial charge on any atom is -0.460 e. The van der Waals surface area contributed by atoms with Gasteiger partial charge in [-0.1, -0.05) is 65.8 Å². The Labute approximate surface area is 185 Å². The second kappa shape index (κ2) is 13.5. The number of oxime groups is 1. The number of hydrogen-bond donors (Lipinski definition) is 1. The number of alkyl halides is 1. The molecule has 3 atom stereocenters. The Balaban J connectivity index is 1.97. The number of halogens is 1. The van der Waals surface area contributed by atoms with Gasteiger partial charge in [0.25, 0.3) is 0 Å². The summed E-state index contributed by atoms with van der Waals surface area (Å²) in [4.78, 5) is 28.4. The first-order valence-corrected chi connectivity index (χ1v) is 9.72. The van der Waals surface area contributed by atoms with Crippen LogP contribution in [0.4, 0.5) is 4.39 Å². The van der Waals surface area contributed by atoms with Crippen molar-refractivity contribution in [1.29, 1.82) is 0 Å². The molecule has 0 amide bonds. The number of esters is 2. The van der Waals surface area contributed by atoms with Crippen molar-refractivity contribution in [3.63, 3.8) is 0 Å². The van der Waals surface area contributed by atoms with E-state index in [-0.39, 0.29) is 0 Å². The Hall–Kier alpha value is -3.78. The number of ether oxygens (including phenoxy) is 2. The van der Waals surface area contributed by atoms with Crippen molar-refractivity contribution in [2.24, 2.45) is 5.16 Å². The fourth-order valence-corrected chi connectivity index (χ4v) is 2.50. The largest absolute Gasteiger partial charge is 0.460 e. The number of carbonyl (C=O) groups excluding carboxylic acids is 2. The standard InChI is InChI=1S/C24H24FNO6/c1-30-26-16-20(25)24(32-23(29)15-13-19-10-6-3-7-11-19)21(27)17-31-22(28)14-12-18-8-4-2-5-9-18/h2-16,20-21,24,27H,17H2,1H3. The van der Waals surface area contributed by atoms with Crippen LogP contribution < -0.4 is 0 Å². The number of benzene rings is 2. The molecule has 0 aromatic heterocycles. The molecular formula is C24H24FNO6. The number of aliphatic hydroxyl groups excluding tert-OH is 1. The van der Waals surface area contributed by atoms with Gasteiger partial charge in [-0.3, -0.25) is 0 Å². The van der Waals surface area contributed by atoms with E-state index in [1.807, 2.05) is 24.3 Å². The van der Waals surface area contributed by atoms with Crippen LogP contribution in [0.1, 0.15) is 11.1 Å². The molecular weight excluding hydrogens is 417 g/mol. The van der Waals surface area contributed by atoms with Crippen LogP contribution >= 0.6 is 0 Å². The zero-order valence-electron chi connectivity index (χ0n) is 17.4. The summed E-state index contributed by atoms with van der Waals surface area (Å²) in [6.07, 6.45) is 0.705. The van der Waals surface area contributed by atoms with Crippen molar-refractivity contribution in [2.75, 3.05) is 13.7 Å². The quantitative estimate of drug-likeness (QED) is 0.249. The molecule has 1 N–H and O–H groups in total. The molecule has 0 aliphatic carbocycles. The summed E-state index contributed by atoms with van der Waals surface area (Å²) in [6.45, 7) is -0.598. The summed E-state index contributed by atoms with van der Waals surface area (Å²) in [5.74, 6) is -1.63. The molecule has 0 fully saturated rings. The normalized spacial score (nSPS) is 14.3. The first-order chi connectivity index (χ1) is 15.5. The predicted molar refractivity (Wildman–Crippen MR) is 118 cm³/mol. The van der Waals surface area contributed by atoms with Crippen LogP contribution in [-0.4, -0.2) is 55.4 Å². The van der Waals surface area contributed by atoms with E-state index in [1.165, 1.54) is 25.3 Å². The topological polar surface area (TPSA) is 94.4 Å². The highest BCUT2D eigenvalue weighted by atomic mass is 19.1. The van der Waals surface area contributed by atoms with Gasteiger partial charge >= 0.3 is 11.9 Å². The third kappa shape index (κ3) is 8.93. The highest BCUT2D eigenvalue weighted by Crippen LogP contribution is 2.11. The minimum absolute atomic E-state index is 0.598. The van der Waals surface area contributed by atoms with Crippen LogP contribution in [-0.2, 0) is 23.9 Å². The summed E-state index contributed by atoms with van der Waals surface area (Å²) in [6, 6.07) is 18.0. The van der Waals surface area contributed by atoms with Gasteiger partial charge in [0.2, 0.25) is 0 Å². The van der Waals surface area contributed by atoms with Gasteiger partial charge in [-0.15, -0.1) is 0 Å². The SMILES string of the molecule is CON=CC(F)C(OC(=O)C=Cc1ccccc1)C(O)COC(=O)C=Cc1ccccc1. The van der Waals surface area contributed by atoms with E-state index in [0.29, 0.717) is 0 Å². The lowest BCUT2D eigenvalue weighted by Crippen LogP contribution is -2.42. The van der Waals surface area contributed by atoms with Crippen molar-refractivity contribution in [3.8, 4) is 0 Å². The first kappa shape index (κ1) is 24.5. The van der Waals surface area contributed by atoms with E-state index in [0.717, 1.165) is 23.4 Å². The van der Waals surface area contributed by atoms with E-state index < -0.39 is 36.9 Å². The van der Waals surface area contributed by atoms with Gasteiger partial charge in [0.15, 0.2) is 12.3 Å². The lowest BCUT2D eigenvalue weighted by molar-refractivity contribution is -0.158. The van der Waals surface area contributed by atoms with Gasteiger partial charge in [-0.05, 0) is 23.3 Å². The van der Waals surface area contributed by atoms with Crippen molar-refractivity contribution in [1.82, 2.24) is 0 Å². The molecule has 2 rings (SSSR count). The van der Waals surface area contributed by atoms with Crippen molar-refractivity contribution in [2.45, 2.75) is 18.4 Å². The molecule has 168 valence electrons. The molecule has 0 aliphatic rings. The molecule has 7 nitrogen and oxygen atoms in total. The van der Waals surface area contributed by atoms with E-state index in [2.05, 4.69) is 9.99 Å². The fraction of sp³-hybridized carbons (Fsp3) is 0.208. The Kier molecular flexibility index (Phi) is 10.3. The highest BCUT2D eigenvalue weighted by Gasteiger charge is 2.32. The maximum absolute atomic E-state index is 14.5. The van der Waals surface area contributed by atoms with Crippen molar-refractivity contribution in [3.05, 3.63) is 83.9 Å². The van der Waals surface area contributed by atoms with Crippen molar-refractivity contribution >= 4 is 30.3 Å². The lowest BCUT2D eigenvalue weighted by atomic mass is 10.1. The van der Waals surface area contributed by atoms with Gasteiger partial charge < -0.3 is 19.4 Å². The van der Waals surface area contributed by atoms with Gasteiger partial charge in [0.1, 0.15) is 19.8 Å². The minimum atomic E-state index is -2.00. The average Bonchev–Trinajstić information content (AvgIpc) is 2.83. The second-order valence-corrected chi connectivity index (χ2v) is 6.47. The average molecular weight is 441 g/mol. The molecule has 0 spiro atoms. The summed E-state index contributed by atoms with van der Waals surface area (Å²) in [5.41, 5.74) is 1.51. The van der Waals surface area contributed by atoms with E-state index in [1.54, 1.807) is 36.4 Å². The maximum atomic E-state index is 14.5. The van der Waals surface area contributed by atoms with Crippen LogP contribution in [0.2, 0.25) is 0 Å². The summed E-state index contributed by atoms with van der Waals surface area (Å²) in [5, 5.41) is 13.6. The summed E-state index contributed by atoms with van der Waals surface area (Å²) >= 11 is 0. The van der Waals surface area contributed by atoms with E-state index in [4.69, 9.17) is 9.47 Å². The van der Waals surface area contributed by atoms with Crippen LogP contribution in [0.15, 0.2) is 78.0 Å². The van der Waals surface area contributed by atoms with Crippen LogP contribution in [0.5, 0.6) is 0 Å². The molecule has 0 radical (unpaired) electrons. The third-order valence-electron chi connectivity index (χ3n) is 4.07. The molecule has 0 bridgehead atoms. The van der Waals surface area contributed by atoms with Crippen LogP contribution in [0.3, 0.4) is 0 Å². The molecule has 3 unspecified atom stereocenters. The molecule has 32 heavy (non-hydrogen) atoms. The number of aliphatic hydroxyl groups is 1. The number of hydrogen-bond acceptors (Lipinski definition) is 7. The molecule has 2 aromatic carbocycles. The fourth-order valence-electron chi connectivity index (χ4n) is 2.50. The van der Waals surface area contributed by atoms with Gasteiger partial charge in [-0.2, -0.15) is 0 Å². The third-order valence-corrected chi connectivity index (χ3v) is 4.07. The maximum Gasteiger partial charge on any atom is 0.331 e. The summed E-state index contributed by atoms with van der Waals surface area (Å²) < 4.78 is 24.5. The molecule has 0 aliphatic heterocycles. The second-order valence-electron chi connectivity index (χ2n) is 6.47. The molecule has 2 aromatic rings. The zero-order valence-corrected chi connectivity index (χ0v) is 17.4. The van der Waals surface area contributed by atoms with E-state index in [9.17, 15) is 19.1 Å². The predicted octanol–water partition coefficient (Wildman–Crippen LogP) is 3.20. The number of nitrogens with zero attached hydrogens (tertiary/aromatic N) is 1. The first-order valence-electron chi connectivity index (χ1n) is 9.72. The van der Waals surface area contributed by atoms with E-state index >= 15 is 0 Å². The Morgan fingerprint density at radius 1 is 0.969 bits per heavy atom. The molecule has 0 saturated heterocycles. The molecule has 0 saturated carbocycles. The Morgan fingerprint density at radius 2 is 1.50 bits per heavy atom. The van der Waals surface area contributed by atoms with Gasteiger partial charge in [0, 0.05) is 12.2 Å². The number of carbonyl (C=O) groups is 2. The lowest BCUT2D eigenvalue weighted by Gasteiger charge is -2.23. The van der Waals surface area contributed by atoms with Crippen LogP contribution in [0, 0.1) is 0 Å². The van der Waals surface area contributed by atoms with Gasteiger partial charge in [0.05, 0.1) is 6.21 Å². The van der Waals surface area contributed by atoms with Crippen LogP contribution in [0.25, 0.3) is 12.2 Å². The molecule has 0 heterocycles.